The molecule has 0 fully saturated rings. The molecule has 0 aliphatic rings. The Hall–Kier alpha value is -6.90. The van der Waals surface area contributed by atoms with Crippen LogP contribution in [0.4, 0.5) is 0 Å². The van der Waals surface area contributed by atoms with Crippen molar-refractivity contribution in [3.05, 3.63) is 170 Å². The van der Waals surface area contributed by atoms with Crippen molar-refractivity contribution in [3.63, 3.8) is 0 Å². The summed E-state index contributed by atoms with van der Waals surface area (Å²) in [6, 6.07) is 63.6. The van der Waals surface area contributed by atoms with Crippen molar-refractivity contribution >= 4 is 97.2 Å². The van der Waals surface area contributed by atoms with E-state index in [4.69, 9.17) is 0 Å². The van der Waals surface area contributed by atoms with Gasteiger partial charge in [0.05, 0.1) is 11.0 Å². The maximum absolute atomic E-state index is 2.39. The van der Waals surface area contributed by atoms with Gasteiger partial charge in [-0.15, -0.1) is 0 Å². The average molecular weight is 687 g/mol. The van der Waals surface area contributed by atoms with Gasteiger partial charge in [0.2, 0.25) is 0 Å². The van der Waals surface area contributed by atoms with Gasteiger partial charge in [0.25, 0.3) is 0 Å². The lowest BCUT2D eigenvalue weighted by atomic mass is 9.95. The predicted molar refractivity (Wildman–Crippen MR) is 233 cm³/mol. The molecule has 0 bridgehead atoms. The van der Waals surface area contributed by atoms with Crippen molar-refractivity contribution in [2.75, 3.05) is 0 Å². The number of fused-ring (bicyclic) bond motifs is 13. The topological polar surface area (TPSA) is 9.86 Å². The maximum Gasteiger partial charge on any atom is 0.0562 e. The fraction of sp³-hybridized carbons (Fsp3) is 0.0385. The number of rotatable bonds is 2. The largest absolute Gasteiger partial charge is 0.343 e. The van der Waals surface area contributed by atoms with Crippen LogP contribution in [0.1, 0.15) is 0 Å². The number of nitrogens with zero attached hydrogens (tertiary/aromatic N) is 2. The molecule has 0 aliphatic carbocycles. The fourth-order valence-electron chi connectivity index (χ4n) is 9.50. The maximum atomic E-state index is 2.39. The summed E-state index contributed by atoms with van der Waals surface area (Å²) in [4.78, 5) is 0. The van der Waals surface area contributed by atoms with E-state index < -0.39 is 0 Å². The van der Waals surface area contributed by atoms with Crippen LogP contribution in [0.2, 0.25) is 0 Å². The monoisotopic (exact) mass is 686 g/mol. The van der Waals surface area contributed by atoms with Gasteiger partial charge in [-0.2, -0.15) is 0 Å². The van der Waals surface area contributed by atoms with Crippen molar-refractivity contribution in [3.8, 4) is 22.5 Å². The molecule has 2 heteroatoms. The summed E-state index contributed by atoms with van der Waals surface area (Å²) in [6.45, 7) is 0. The highest BCUT2D eigenvalue weighted by Gasteiger charge is 2.17. The second-order valence-corrected chi connectivity index (χ2v) is 15.1. The minimum Gasteiger partial charge on any atom is -0.343 e. The lowest BCUT2D eigenvalue weighted by Crippen LogP contribution is -1.93. The van der Waals surface area contributed by atoms with Crippen LogP contribution in [0.15, 0.2) is 170 Å². The highest BCUT2D eigenvalue weighted by molar-refractivity contribution is 6.25. The molecule has 2 heterocycles. The first kappa shape index (κ1) is 29.7. The molecular formula is C52H34N2. The Morgan fingerprint density at radius 2 is 0.574 bits per heavy atom. The lowest BCUT2D eigenvalue weighted by Gasteiger charge is -2.12. The van der Waals surface area contributed by atoms with E-state index in [1.165, 1.54) is 120 Å². The van der Waals surface area contributed by atoms with Crippen LogP contribution in [0, 0.1) is 0 Å². The van der Waals surface area contributed by atoms with Gasteiger partial charge < -0.3 is 9.13 Å². The SMILES string of the molecule is Cn1c(-c2ccc3cc4ccccc4cc3c2)cc2ccc3c4ccc5c(ccc6cc(-c7ccc8cc9ccccc9cc8c7)n(C)c65)c4ccc3c21. The molecule has 0 aliphatic heterocycles. The Morgan fingerprint density at radius 3 is 1.00 bits per heavy atom. The van der Waals surface area contributed by atoms with Crippen LogP contribution in [0.5, 0.6) is 0 Å². The van der Waals surface area contributed by atoms with Crippen molar-refractivity contribution in [1.82, 2.24) is 9.13 Å². The smallest absolute Gasteiger partial charge is 0.0562 e. The number of benzene rings is 10. The molecule has 0 spiro atoms. The minimum atomic E-state index is 1.23. The van der Waals surface area contributed by atoms with Gasteiger partial charge in [-0.05, 0) is 124 Å². The quantitative estimate of drug-likeness (QED) is 0.127. The molecule has 0 atom stereocenters. The first-order chi connectivity index (χ1) is 26.6. The van der Waals surface area contributed by atoms with Gasteiger partial charge in [-0.25, -0.2) is 0 Å². The van der Waals surface area contributed by atoms with Gasteiger partial charge in [0, 0.05) is 47.0 Å². The van der Waals surface area contributed by atoms with Crippen LogP contribution in [0.3, 0.4) is 0 Å². The summed E-state index contributed by atoms with van der Waals surface area (Å²) in [6.07, 6.45) is 0. The second kappa shape index (κ2) is 10.8. The molecule has 0 saturated carbocycles. The van der Waals surface area contributed by atoms with Crippen LogP contribution in [-0.2, 0) is 14.1 Å². The van der Waals surface area contributed by atoms with Crippen LogP contribution < -0.4 is 0 Å². The molecule has 54 heavy (non-hydrogen) atoms. The Bertz CT molecular complexity index is 3340. The third-order valence-electron chi connectivity index (χ3n) is 12.2. The molecule has 0 saturated heterocycles. The van der Waals surface area contributed by atoms with Crippen LogP contribution in [0.25, 0.3) is 120 Å². The molecule has 252 valence electrons. The summed E-state index contributed by atoms with van der Waals surface area (Å²) in [5.74, 6) is 0. The van der Waals surface area contributed by atoms with E-state index in [0.29, 0.717) is 0 Å². The molecule has 0 unspecified atom stereocenters. The summed E-state index contributed by atoms with van der Waals surface area (Å²) in [7, 11) is 4.43. The van der Waals surface area contributed by atoms with Gasteiger partial charge in [0.1, 0.15) is 0 Å². The summed E-state index contributed by atoms with van der Waals surface area (Å²) in [5.41, 5.74) is 7.47. The fourth-order valence-corrected chi connectivity index (χ4v) is 9.50. The Balaban J connectivity index is 0.993. The van der Waals surface area contributed by atoms with E-state index in [9.17, 15) is 0 Å². The van der Waals surface area contributed by atoms with Gasteiger partial charge in [-0.1, -0.05) is 121 Å². The summed E-state index contributed by atoms with van der Waals surface area (Å²) < 4.78 is 4.77. The van der Waals surface area contributed by atoms with Crippen LogP contribution >= 0.6 is 0 Å². The minimum absolute atomic E-state index is 1.23. The molecular weight excluding hydrogens is 653 g/mol. The van der Waals surface area contributed by atoms with Crippen molar-refractivity contribution < 1.29 is 0 Å². The normalized spacial score (nSPS) is 12.3. The highest BCUT2D eigenvalue weighted by atomic mass is 15.0. The first-order valence-electron chi connectivity index (χ1n) is 18.8. The van der Waals surface area contributed by atoms with E-state index in [2.05, 4.69) is 193 Å². The molecule has 0 N–H and O–H groups in total. The Morgan fingerprint density at radius 1 is 0.259 bits per heavy atom. The Kier molecular flexibility index (Phi) is 5.94. The first-order valence-corrected chi connectivity index (χ1v) is 18.8. The van der Waals surface area contributed by atoms with Crippen molar-refractivity contribution in [1.29, 1.82) is 0 Å². The zero-order valence-corrected chi connectivity index (χ0v) is 30.1. The van der Waals surface area contributed by atoms with Crippen molar-refractivity contribution in [2.24, 2.45) is 14.1 Å². The van der Waals surface area contributed by atoms with Crippen LogP contribution in [-0.4, -0.2) is 9.13 Å². The molecule has 2 aromatic heterocycles. The third-order valence-corrected chi connectivity index (χ3v) is 12.2. The van der Waals surface area contributed by atoms with Gasteiger partial charge in [-0.3, -0.25) is 0 Å². The zero-order valence-electron chi connectivity index (χ0n) is 30.1. The number of hydrogen-bond acceptors (Lipinski definition) is 0. The van der Waals surface area contributed by atoms with E-state index in [-0.39, 0.29) is 0 Å². The standard InChI is InChI=1S/C52H34N2/c1-53-49(37-13-11-35-23-31-7-3-5-9-33(31)25-41(35)27-37)29-39-15-17-45-43-20-22-48-46(44(43)19-21-47(45)51(39)53)18-16-40-30-50(54(2)52(40)48)38-14-12-36-24-32-8-4-6-10-34(32)26-42(36)28-38/h3-30H,1-2H3. The molecule has 0 radical (unpaired) electrons. The Labute approximate surface area is 311 Å². The summed E-state index contributed by atoms with van der Waals surface area (Å²) in [5, 5.41) is 20.4. The summed E-state index contributed by atoms with van der Waals surface area (Å²) >= 11 is 0. The van der Waals surface area contributed by atoms with Gasteiger partial charge >= 0.3 is 0 Å². The third kappa shape index (κ3) is 4.17. The molecule has 12 aromatic rings. The van der Waals surface area contributed by atoms with E-state index in [0.717, 1.165) is 0 Å². The van der Waals surface area contributed by atoms with E-state index in [1.54, 1.807) is 0 Å². The molecule has 2 nitrogen and oxygen atoms in total. The lowest BCUT2D eigenvalue weighted by molar-refractivity contribution is 0.982. The van der Waals surface area contributed by atoms with Gasteiger partial charge in [0.15, 0.2) is 0 Å². The molecule has 0 amide bonds. The van der Waals surface area contributed by atoms with Crippen molar-refractivity contribution in [2.45, 2.75) is 0 Å². The van der Waals surface area contributed by atoms with E-state index in [1.807, 2.05) is 0 Å². The number of hydrogen-bond donors (Lipinski definition) is 0. The number of aromatic nitrogens is 2. The molecule has 12 rings (SSSR count). The van der Waals surface area contributed by atoms with E-state index >= 15 is 0 Å². The molecule has 10 aromatic carbocycles. The predicted octanol–water partition coefficient (Wildman–Crippen LogP) is 14.1. The highest BCUT2D eigenvalue weighted by Crippen LogP contribution is 2.41. The zero-order chi connectivity index (χ0) is 35.7. The average Bonchev–Trinajstić information content (AvgIpc) is 3.74. The number of aryl methyl sites for hydroxylation is 2. The second-order valence-electron chi connectivity index (χ2n) is 15.1.